The van der Waals surface area contributed by atoms with Crippen molar-refractivity contribution in [3.05, 3.63) is 153 Å². The van der Waals surface area contributed by atoms with Gasteiger partial charge in [0, 0.05) is 39.1 Å². The van der Waals surface area contributed by atoms with Gasteiger partial charge in [-0.25, -0.2) is 26.8 Å². The van der Waals surface area contributed by atoms with Crippen molar-refractivity contribution in [2.24, 2.45) is 0 Å². The fraction of sp³-hybridized carbons (Fsp3) is 0.190. The molecule has 0 aliphatic carbocycles. The SMILES string of the molecule is CC(C)Oc1ccc(S(=O)(=O)Nc2ccc(Cl)cc2C(=O)c2cnc(C(F)(F)F)nc2)cc1.CC(C)Oc1ccc(S(=O)(=O)Nc2ccc(Cl)cc2C(=O)c2cnnc(C(F)(F)F)c2)cc1. The summed E-state index contributed by atoms with van der Waals surface area (Å²) in [7, 11) is -8.27. The second-order valence-electron chi connectivity index (χ2n) is 14.1. The number of benzene rings is 4. The first-order valence-corrected chi connectivity index (χ1v) is 22.5. The van der Waals surface area contributed by atoms with Gasteiger partial charge in [0.15, 0.2) is 17.3 Å². The first-order chi connectivity index (χ1) is 30.7. The highest BCUT2D eigenvalue weighted by atomic mass is 35.5. The van der Waals surface area contributed by atoms with Gasteiger partial charge in [-0.3, -0.25) is 19.0 Å². The number of aromatic nitrogens is 4. The maximum absolute atomic E-state index is 12.9. The van der Waals surface area contributed by atoms with Crippen LogP contribution in [0.4, 0.5) is 37.7 Å². The number of carbonyl (C=O) groups excluding carboxylic acids is 2. The minimum Gasteiger partial charge on any atom is -0.491 e. The average molecular weight is 1000 g/mol. The Morgan fingerprint density at radius 2 is 0.985 bits per heavy atom. The number of alkyl halides is 6. The maximum Gasteiger partial charge on any atom is 0.451 e. The Bertz CT molecular complexity index is 2950. The van der Waals surface area contributed by atoms with Gasteiger partial charge in [0.1, 0.15) is 11.5 Å². The number of rotatable bonds is 14. The second kappa shape index (κ2) is 20.4. The van der Waals surface area contributed by atoms with E-state index in [0.29, 0.717) is 30.0 Å². The molecule has 0 spiro atoms. The molecule has 6 aromatic rings. The molecule has 0 radical (unpaired) electrons. The highest BCUT2D eigenvalue weighted by molar-refractivity contribution is 7.93. The quantitative estimate of drug-likeness (QED) is 0.0775. The number of halogens is 8. The molecule has 4 aromatic carbocycles. The number of ether oxygens (including phenoxy) is 2. The van der Waals surface area contributed by atoms with Crippen molar-refractivity contribution < 1.29 is 62.2 Å². The Morgan fingerprint density at radius 1 is 0.576 bits per heavy atom. The van der Waals surface area contributed by atoms with Crippen LogP contribution in [0.15, 0.2) is 119 Å². The summed E-state index contributed by atoms with van der Waals surface area (Å²) in [6, 6.07) is 19.3. The first-order valence-electron chi connectivity index (χ1n) is 18.8. The van der Waals surface area contributed by atoms with Crippen molar-refractivity contribution in [1.29, 1.82) is 0 Å². The van der Waals surface area contributed by atoms with Gasteiger partial charge < -0.3 is 9.47 Å². The molecule has 0 aliphatic rings. The Labute approximate surface area is 383 Å². The molecule has 66 heavy (non-hydrogen) atoms. The van der Waals surface area contributed by atoms with Crippen LogP contribution in [0, 0.1) is 0 Å². The van der Waals surface area contributed by atoms with Gasteiger partial charge in [0.25, 0.3) is 20.0 Å². The van der Waals surface area contributed by atoms with Gasteiger partial charge in [0.05, 0.1) is 45.1 Å². The van der Waals surface area contributed by atoms with Crippen LogP contribution < -0.4 is 18.9 Å². The molecular formula is C42H34Cl2F6N6O8S2. The van der Waals surface area contributed by atoms with E-state index in [1.54, 1.807) is 0 Å². The predicted octanol–water partition coefficient (Wildman–Crippen LogP) is 9.94. The molecule has 14 nitrogen and oxygen atoms in total. The van der Waals surface area contributed by atoms with Crippen molar-refractivity contribution in [2.75, 3.05) is 9.44 Å². The summed E-state index contributed by atoms with van der Waals surface area (Å²) in [5, 5.41) is 6.40. The van der Waals surface area contributed by atoms with Crippen LogP contribution in [-0.4, -0.2) is 60.8 Å². The molecule has 348 valence electrons. The monoisotopic (exact) mass is 998 g/mol. The van der Waals surface area contributed by atoms with E-state index < -0.39 is 61.0 Å². The molecular weight excluding hydrogens is 966 g/mol. The van der Waals surface area contributed by atoms with Crippen molar-refractivity contribution in [2.45, 2.75) is 62.0 Å². The lowest BCUT2D eigenvalue weighted by Crippen LogP contribution is -2.17. The van der Waals surface area contributed by atoms with Crippen molar-refractivity contribution in [3.63, 3.8) is 0 Å². The van der Waals surface area contributed by atoms with Crippen LogP contribution in [0.2, 0.25) is 10.0 Å². The highest BCUT2D eigenvalue weighted by Gasteiger charge is 2.35. The summed E-state index contributed by atoms with van der Waals surface area (Å²) < 4.78 is 144. The average Bonchev–Trinajstić information content (AvgIpc) is 3.24. The van der Waals surface area contributed by atoms with Gasteiger partial charge in [-0.1, -0.05) is 23.2 Å². The van der Waals surface area contributed by atoms with E-state index in [1.807, 2.05) is 27.7 Å². The lowest BCUT2D eigenvalue weighted by molar-refractivity contribution is -0.145. The Hall–Kier alpha value is -6.36. The van der Waals surface area contributed by atoms with E-state index in [0.717, 1.165) is 12.3 Å². The molecule has 2 heterocycles. The molecule has 2 N–H and O–H groups in total. The molecule has 0 unspecified atom stereocenters. The predicted molar refractivity (Wildman–Crippen MR) is 230 cm³/mol. The molecule has 0 atom stereocenters. The van der Waals surface area contributed by atoms with Crippen LogP contribution >= 0.6 is 23.2 Å². The molecule has 6 rings (SSSR count). The molecule has 2 aromatic heterocycles. The molecule has 24 heteroatoms. The number of sulfonamides is 2. The van der Waals surface area contributed by atoms with Crippen LogP contribution in [0.3, 0.4) is 0 Å². The topological polar surface area (TPSA) is 196 Å². The number of hydrogen-bond donors (Lipinski definition) is 2. The van der Waals surface area contributed by atoms with Crippen molar-refractivity contribution in [3.8, 4) is 11.5 Å². The Kier molecular flexibility index (Phi) is 15.7. The third-order valence-electron chi connectivity index (χ3n) is 8.33. The molecule has 0 fully saturated rings. The van der Waals surface area contributed by atoms with Crippen molar-refractivity contribution in [1.82, 2.24) is 20.2 Å². The summed E-state index contributed by atoms with van der Waals surface area (Å²) in [5.41, 5.74) is -2.80. The number of anilines is 2. The number of nitrogens with one attached hydrogen (secondary N) is 2. The fourth-order valence-corrected chi connectivity index (χ4v) is 7.97. The van der Waals surface area contributed by atoms with Crippen LogP contribution in [0.1, 0.15) is 71.1 Å². The Morgan fingerprint density at radius 3 is 1.36 bits per heavy atom. The van der Waals surface area contributed by atoms with E-state index in [4.69, 9.17) is 32.7 Å². The van der Waals surface area contributed by atoms with E-state index >= 15 is 0 Å². The van der Waals surface area contributed by atoms with Crippen LogP contribution in [0.25, 0.3) is 0 Å². The molecule has 0 aliphatic heterocycles. The summed E-state index contributed by atoms with van der Waals surface area (Å²) in [6.07, 6.45) is -7.50. The first kappa shape index (κ1) is 50.6. The minimum absolute atomic E-state index is 0.0783. The smallest absolute Gasteiger partial charge is 0.451 e. The molecule has 0 saturated heterocycles. The normalized spacial score (nSPS) is 12.0. The van der Waals surface area contributed by atoms with Crippen LogP contribution in [0.5, 0.6) is 11.5 Å². The fourth-order valence-electron chi connectivity index (χ4n) is 5.47. The van der Waals surface area contributed by atoms with E-state index in [1.165, 1.54) is 78.9 Å². The van der Waals surface area contributed by atoms with Gasteiger partial charge >= 0.3 is 12.4 Å². The molecule has 0 bridgehead atoms. The zero-order valence-corrected chi connectivity index (χ0v) is 37.6. The van der Waals surface area contributed by atoms with E-state index in [2.05, 4.69) is 29.6 Å². The largest absolute Gasteiger partial charge is 0.491 e. The third-order valence-corrected chi connectivity index (χ3v) is 11.6. The minimum atomic E-state index is -4.81. The van der Waals surface area contributed by atoms with Gasteiger partial charge in [-0.05, 0) is 119 Å². The summed E-state index contributed by atoms with van der Waals surface area (Å²) in [4.78, 5) is 31.9. The summed E-state index contributed by atoms with van der Waals surface area (Å²) >= 11 is 11.9. The number of hydrogen-bond acceptors (Lipinski definition) is 12. The zero-order chi connectivity index (χ0) is 48.8. The lowest BCUT2D eigenvalue weighted by Gasteiger charge is -2.14. The second-order valence-corrected chi connectivity index (χ2v) is 18.4. The van der Waals surface area contributed by atoms with E-state index in [-0.39, 0.29) is 60.1 Å². The van der Waals surface area contributed by atoms with Gasteiger partial charge in [0.2, 0.25) is 5.82 Å². The third kappa shape index (κ3) is 13.4. The molecule has 0 saturated carbocycles. The van der Waals surface area contributed by atoms with Gasteiger partial charge in [-0.15, -0.1) is 5.10 Å². The van der Waals surface area contributed by atoms with Crippen molar-refractivity contribution >= 4 is 66.2 Å². The number of ketones is 2. The highest BCUT2D eigenvalue weighted by Crippen LogP contribution is 2.32. The number of nitrogens with zero attached hydrogens (tertiary/aromatic N) is 4. The zero-order valence-electron chi connectivity index (χ0n) is 34.4. The van der Waals surface area contributed by atoms with Gasteiger partial charge in [-0.2, -0.15) is 31.4 Å². The lowest BCUT2D eigenvalue weighted by atomic mass is 10.0. The van der Waals surface area contributed by atoms with Crippen LogP contribution in [-0.2, 0) is 32.4 Å². The molecule has 0 amide bonds. The summed E-state index contributed by atoms with van der Waals surface area (Å²) in [5.74, 6) is -2.19. The maximum atomic E-state index is 12.9. The number of carbonyl (C=O) groups is 2. The summed E-state index contributed by atoms with van der Waals surface area (Å²) in [6.45, 7) is 7.29. The Balaban J connectivity index is 0.000000247. The standard InChI is InChI=1S/2C21H17ClF3N3O4S/c1-12(2)32-15-4-6-16(7-5-15)33(30,31)28-18-8-3-14(22)9-17(18)19(29)13-10-26-20(27-11-13)21(23,24)25;1-12(2)32-15-4-6-16(7-5-15)33(30,31)28-18-8-3-14(22)10-17(18)20(29)13-9-19(21(23,24)25)27-26-11-13/h2*3-12,28H,1-2H3. The van der Waals surface area contributed by atoms with E-state index in [9.17, 15) is 52.8 Å².